The minimum absolute atomic E-state index is 0.0333. The SMILES string of the molecule is Cc1cccc(-c2nc(CN3CCC(C(=O)N4CCCC4c4nc(C5CCOCC5)no4)CC3)c(C)o2)c1. The second-order valence-corrected chi connectivity index (χ2v) is 11.0. The second-order valence-electron chi connectivity index (χ2n) is 11.0. The Kier molecular flexibility index (Phi) is 7.30. The van der Waals surface area contributed by atoms with Crippen molar-refractivity contribution in [2.24, 2.45) is 5.92 Å². The Morgan fingerprint density at radius 3 is 2.63 bits per heavy atom. The highest BCUT2D eigenvalue weighted by molar-refractivity contribution is 5.79. The van der Waals surface area contributed by atoms with Crippen molar-refractivity contribution in [2.75, 3.05) is 32.8 Å². The molecule has 6 rings (SSSR count). The van der Waals surface area contributed by atoms with E-state index in [9.17, 15) is 4.79 Å². The molecule has 1 atom stereocenters. The molecule has 0 bridgehead atoms. The van der Waals surface area contributed by atoms with Crippen LogP contribution in [0.15, 0.2) is 33.2 Å². The molecule has 9 heteroatoms. The van der Waals surface area contributed by atoms with Gasteiger partial charge in [0.1, 0.15) is 11.8 Å². The summed E-state index contributed by atoms with van der Waals surface area (Å²) in [5.41, 5.74) is 3.17. The van der Waals surface area contributed by atoms with E-state index in [4.69, 9.17) is 23.6 Å². The number of aryl methyl sites for hydroxylation is 2. The molecule has 1 unspecified atom stereocenters. The molecule has 1 aromatic carbocycles. The normalized spacial score (nSPS) is 21.8. The van der Waals surface area contributed by atoms with Gasteiger partial charge in [0.15, 0.2) is 5.82 Å². The number of ether oxygens (including phenoxy) is 1. The summed E-state index contributed by atoms with van der Waals surface area (Å²) in [4.78, 5) is 27.5. The van der Waals surface area contributed by atoms with E-state index < -0.39 is 0 Å². The number of aromatic nitrogens is 3. The molecule has 202 valence electrons. The van der Waals surface area contributed by atoms with Crippen LogP contribution in [0.4, 0.5) is 0 Å². The lowest BCUT2D eigenvalue weighted by Gasteiger charge is -2.34. The summed E-state index contributed by atoms with van der Waals surface area (Å²) in [6.45, 7) is 8.78. The first-order chi connectivity index (χ1) is 18.5. The first kappa shape index (κ1) is 25.2. The van der Waals surface area contributed by atoms with E-state index in [0.29, 0.717) is 11.8 Å². The Morgan fingerprint density at radius 2 is 1.84 bits per heavy atom. The monoisotopic (exact) mass is 519 g/mol. The zero-order valence-electron chi connectivity index (χ0n) is 22.4. The number of likely N-dealkylation sites (tertiary alicyclic amines) is 2. The highest BCUT2D eigenvalue weighted by Gasteiger charge is 2.38. The number of carbonyl (C=O) groups excluding carboxylic acids is 1. The lowest BCUT2D eigenvalue weighted by atomic mass is 9.94. The molecule has 3 aliphatic heterocycles. The fourth-order valence-electron chi connectivity index (χ4n) is 6.05. The van der Waals surface area contributed by atoms with Crippen molar-refractivity contribution >= 4 is 5.91 Å². The lowest BCUT2D eigenvalue weighted by molar-refractivity contribution is -0.138. The quantitative estimate of drug-likeness (QED) is 0.458. The van der Waals surface area contributed by atoms with Gasteiger partial charge in [-0.3, -0.25) is 9.69 Å². The fourth-order valence-corrected chi connectivity index (χ4v) is 6.05. The molecule has 0 radical (unpaired) electrons. The Balaban J connectivity index is 1.05. The van der Waals surface area contributed by atoms with Gasteiger partial charge in [-0.2, -0.15) is 4.98 Å². The number of benzene rings is 1. The van der Waals surface area contributed by atoms with Gasteiger partial charge in [-0.15, -0.1) is 0 Å². The van der Waals surface area contributed by atoms with Crippen LogP contribution in [-0.2, 0) is 16.1 Å². The average Bonchev–Trinajstić information content (AvgIpc) is 3.70. The summed E-state index contributed by atoms with van der Waals surface area (Å²) >= 11 is 0. The third kappa shape index (κ3) is 5.27. The topological polar surface area (TPSA) is 97.7 Å². The van der Waals surface area contributed by atoms with Gasteiger partial charge < -0.3 is 18.6 Å². The van der Waals surface area contributed by atoms with E-state index in [-0.39, 0.29) is 23.8 Å². The van der Waals surface area contributed by atoms with Crippen molar-refractivity contribution in [1.82, 2.24) is 24.9 Å². The molecule has 3 fully saturated rings. The Bertz CT molecular complexity index is 1260. The largest absolute Gasteiger partial charge is 0.441 e. The van der Waals surface area contributed by atoms with E-state index in [1.807, 2.05) is 24.0 Å². The number of hydrogen-bond acceptors (Lipinski definition) is 8. The molecule has 3 aliphatic rings. The standard InChI is InChI=1S/C29H37N5O4/c1-19-5-3-6-23(17-19)27-30-24(20(2)37-27)18-33-13-8-22(9-14-33)29(35)34-12-4-7-25(34)28-31-26(32-38-28)21-10-15-36-16-11-21/h3,5-6,17,21-22,25H,4,7-16,18H2,1-2H3. The predicted octanol–water partition coefficient (Wildman–Crippen LogP) is 4.81. The van der Waals surface area contributed by atoms with Gasteiger partial charge in [0, 0.05) is 43.7 Å². The summed E-state index contributed by atoms with van der Waals surface area (Å²) in [7, 11) is 0. The number of rotatable bonds is 6. The van der Waals surface area contributed by atoms with Crippen molar-refractivity contribution in [3.63, 3.8) is 0 Å². The molecule has 1 amide bonds. The van der Waals surface area contributed by atoms with Crippen LogP contribution in [0.3, 0.4) is 0 Å². The molecule has 0 N–H and O–H groups in total. The smallest absolute Gasteiger partial charge is 0.249 e. The summed E-state index contributed by atoms with van der Waals surface area (Å²) < 4.78 is 17.1. The molecule has 0 aliphatic carbocycles. The van der Waals surface area contributed by atoms with Crippen LogP contribution in [0, 0.1) is 19.8 Å². The third-order valence-electron chi connectivity index (χ3n) is 8.33. The number of oxazole rings is 1. The van der Waals surface area contributed by atoms with E-state index in [2.05, 4.69) is 29.1 Å². The van der Waals surface area contributed by atoms with E-state index in [1.54, 1.807) is 0 Å². The van der Waals surface area contributed by atoms with Crippen molar-refractivity contribution < 1.29 is 18.5 Å². The molecular formula is C29H37N5O4. The van der Waals surface area contributed by atoms with E-state index >= 15 is 0 Å². The maximum atomic E-state index is 13.6. The number of hydrogen-bond donors (Lipinski definition) is 0. The Hall–Kier alpha value is -3.04. The van der Waals surface area contributed by atoms with Gasteiger partial charge in [0.2, 0.25) is 17.7 Å². The zero-order chi connectivity index (χ0) is 26.1. The second kappa shape index (κ2) is 11.0. The Morgan fingerprint density at radius 1 is 1.03 bits per heavy atom. The van der Waals surface area contributed by atoms with Crippen LogP contribution in [0.25, 0.3) is 11.5 Å². The maximum absolute atomic E-state index is 13.6. The number of piperidine rings is 1. The van der Waals surface area contributed by atoms with Gasteiger partial charge in [-0.05, 0) is 77.6 Å². The Labute approximate surface area is 223 Å². The first-order valence-corrected chi connectivity index (χ1v) is 14.0. The molecule has 9 nitrogen and oxygen atoms in total. The molecule has 5 heterocycles. The number of amides is 1. The molecule has 2 aromatic heterocycles. The zero-order valence-corrected chi connectivity index (χ0v) is 22.4. The predicted molar refractivity (Wildman–Crippen MR) is 140 cm³/mol. The average molecular weight is 520 g/mol. The molecular weight excluding hydrogens is 482 g/mol. The van der Waals surface area contributed by atoms with Crippen molar-refractivity contribution in [3.8, 4) is 11.5 Å². The fraction of sp³-hybridized carbons (Fsp3) is 0.586. The highest BCUT2D eigenvalue weighted by atomic mass is 16.5. The third-order valence-corrected chi connectivity index (χ3v) is 8.33. The first-order valence-electron chi connectivity index (χ1n) is 14.0. The van der Waals surface area contributed by atoms with Gasteiger partial charge in [0.25, 0.3) is 0 Å². The maximum Gasteiger partial charge on any atom is 0.249 e. The highest BCUT2D eigenvalue weighted by Crippen LogP contribution is 2.35. The van der Waals surface area contributed by atoms with Crippen molar-refractivity contribution in [1.29, 1.82) is 0 Å². The van der Waals surface area contributed by atoms with Crippen LogP contribution < -0.4 is 0 Å². The van der Waals surface area contributed by atoms with Crippen molar-refractivity contribution in [2.45, 2.75) is 70.9 Å². The molecule has 3 aromatic rings. The van der Waals surface area contributed by atoms with E-state index in [0.717, 1.165) is 101 Å². The van der Waals surface area contributed by atoms with Gasteiger partial charge in [-0.1, -0.05) is 22.9 Å². The van der Waals surface area contributed by atoms with Crippen LogP contribution in [0.1, 0.15) is 79.2 Å². The van der Waals surface area contributed by atoms with Crippen LogP contribution >= 0.6 is 0 Å². The molecule has 0 spiro atoms. The summed E-state index contributed by atoms with van der Waals surface area (Å²) in [5.74, 6) is 3.46. The minimum Gasteiger partial charge on any atom is -0.441 e. The molecule has 3 saturated heterocycles. The van der Waals surface area contributed by atoms with Gasteiger partial charge >= 0.3 is 0 Å². The van der Waals surface area contributed by atoms with Crippen molar-refractivity contribution in [3.05, 3.63) is 53.0 Å². The van der Waals surface area contributed by atoms with Gasteiger partial charge in [0.05, 0.1) is 5.69 Å². The van der Waals surface area contributed by atoms with Crippen LogP contribution in [0.5, 0.6) is 0 Å². The number of carbonyl (C=O) groups is 1. The summed E-state index contributed by atoms with van der Waals surface area (Å²) in [6.07, 6.45) is 5.40. The molecule has 38 heavy (non-hydrogen) atoms. The van der Waals surface area contributed by atoms with Gasteiger partial charge in [-0.25, -0.2) is 4.98 Å². The lowest BCUT2D eigenvalue weighted by Crippen LogP contribution is -2.42. The van der Waals surface area contributed by atoms with E-state index in [1.165, 1.54) is 5.56 Å². The van der Waals surface area contributed by atoms with Crippen LogP contribution in [0.2, 0.25) is 0 Å². The van der Waals surface area contributed by atoms with Crippen LogP contribution in [-0.4, -0.2) is 63.7 Å². The molecule has 0 saturated carbocycles. The number of nitrogens with zero attached hydrogens (tertiary/aromatic N) is 5. The minimum atomic E-state index is -0.0977. The summed E-state index contributed by atoms with van der Waals surface area (Å²) in [6, 6.07) is 8.13. The summed E-state index contributed by atoms with van der Waals surface area (Å²) in [5, 5.41) is 4.27.